The first-order chi connectivity index (χ1) is 9.36. The molecule has 0 radical (unpaired) electrons. The summed E-state index contributed by atoms with van der Waals surface area (Å²) in [7, 11) is 0. The number of aliphatic hydroxyl groups excluding tert-OH is 2. The summed E-state index contributed by atoms with van der Waals surface area (Å²) in [5, 5.41) is 27.7. The second-order valence-electron chi connectivity index (χ2n) is 4.19. The Bertz CT molecular complexity index is 628. The summed E-state index contributed by atoms with van der Waals surface area (Å²) in [4.78, 5) is 14.4. The number of aliphatic hydroxyl groups is 2. The van der Waals surface area contributed by atoms with Crippen molar-refractivity contribution in [3.63, 3.8) is 0 Å². The fourth-order valence-corrected chi connectivity index (χ4v) is 1.89. The van der Waals surface area contributed by atoms with Crippen molar-refractivity contribution >= 4 is 0 Å². The predicted molar refractivity (Wildman–Crippen MR) is 59.8 cm³/mol. The average Bonchev–Trinajstić information content (AvgIpc) is 2.68. The van der Waals surface area contributed by atoms with Crippen molar-refractivity contribution in [1.29, 1.82) is 0 Å². The zero-order chi connectivity index (χ0) is 15.1. The van der Waals surface area contributed by atoms with Crippen LogP contribution in [0.3, 0.4) is 0 Å². The maximum absolute atomic E-state index is 14.0. The lowest BCUT2D eigenvalue weighted by molar-refractivity contribution is -0.0925. The maximum atomic E-state index is 14.0. The Kier molecular flexibility index (Phi) is 3.47. The lowest BCUT2D eigenvalue weighted by Crippen LogP contribution is -2.44. The van der Waals surface area contributed by atoms with Crippen molar-refractivity contribution in [3.05, 3.63) is 22.5 Å². The number of terminal acetylenes is 1. The fourth-order valence-electron chi connectivity index (χ4n) is 1.89. The normalized spacial score (nSPS) is 33.0. The first-order valence-corrected chi connectivity index (χ1v) is 5.42. The summed E-state index contributed by atoms with van der Waals surface area (Å²) >= 11 is 0. The van der Waals surface area contributed by atoms with Gasteiger partial charge in [0.05, 0.1) is 12.8 Å². The number of aromatic nitrogens is 2. The van der Waals surface area contributed by atoms with Gasteiger partial charge in [-0.2, -0.15) is 9.37 Å². The first kappa shape index (κ1) is 14.4. The Hall–Kier alpha value is -2.02. The molecule has 108 valence electrons. The van der Waals surface area contributed by atoms with Gasteiger partial charge >= 0.3 is 5.69 Å². The molecule has 1 saturated heterocycles. The van der Waals surface area contributed by atoms with Gasteiger partial charge < -0.3 is 20.1 Å². The Labute approximate surface area is 111 Å². The van der Waals surface area contributed by atoms with Crippen molar-refractivity contribution in [2.75, 3.05) is 6.61 Å². The van der Waals surface area contributed by atoms with Gasteiger partial charge in [0.25, 0.3) is 5.88 Å². The van der Waals surface area contributed by atoms with Crippen LogP contribution in [0.2, 0.25) is 0 Å². The van der Waals surface area contributed by atoms with E-state index >= 15 is 0 Å². The van der Waals surface area contributed by atoms with Crippen LogP contribution in [0.5, 0.6) is 5.88 Å². The van der Waals surface area contributed by atoms with Crippen LogP contribution < -0.4 is 5.69 Å². The summed E-state index contributed by atoms with van der Waals surface area (Å²) in [6, 6.07) is 0. The van der Waals surface area contributed by atoms with Gasteiger partial charge in [0.1, 0.15) is 6.10 Å². The molecule has 2 heterocycles. The fraction of sp³-hybridized carbons (Fsp3) is 0.455. The molecular weight excluding hydrogens is 278 g/mol. The van der Waals surface area contributed by atoms with Crippen molar-refractivity contribution in [1.82, 2.24) is 9.55 Å². The monoisotopic (exact) mass is 288 g/mol. The van der Waals surface area contributed by atoms with Crippen LogP contribution in [0.4, 0.5) is 8.78 Å². The van der Waals surface area contributed by atoms with E-state index in [0.29, 0.717) is 10.8 Å². The number of hydrogen-bond donors (Lipinski definition) is 3. The van der Waals surface area contributed by atoms with E-state index in [1.807, 2.05) is 5.92 Å². The summed E-state index contributed by atoms with van der Waals surface area (Å²) in [5.41, 5.74) is -3.24. The average molecular weight is 288 g/mol. The molecule has 3 N–H and O–H groups in total. The van der Waals surface area contributed by atoms with Crippen molar-refractivity contribution in [3.8, 4) is 18.2 Å². The van der Waals surface area contributed by atoms with Crippen molar-refractivity contribution in [2.24, 2.45) is 0 Å². The molecule has 0 saturated carbocycles. The van der Waals surface area contributed by atoms with E-state index in [0.717, 1.165) is 0 Å². The number of aromatic hydroxyl groups is 1. The third kappa shape index (κ3) is 1.94. The molecule has 9 heteroatoms. The molecule has 4 atom stereocenters. The largest absolute Gasteiger partial charge is 0.491 e. The van der Waals surface area contributed by atoms with Crippen LogP contribution in [-0.2, 0) is 4.74 Å². The molecular formula is C11H10F2N2O5. The molecule has 0 bridgehead atoms. The topological polar surface area (TPSA) is 105 Å². The van der Waals surface area contributed by atoms with E-state index in [4.69, 9.17) is 21.4 Å². The molecule has 0 amide bonds. The first-order valence-electron chi connectivity index (χ1n) is 5.42. The second-order valence-corrected chi connectivity index (χ2v) is 4.19. The minimum Gasteiger partial charge on any atom is -0.491 e. The van der Waals surface area contributed by atoms with Gasteiger partial charge in [-0.15, -0.1) is 6.42 Å². The van der Waals surface area contributed by atoms with Crippen LogP contribution in [0.1, 0.15) is 6.23 Å². The third-order valence-corrected chi connectivity index (χ3v) is 3.02. The van der Waals surface area contributed by atoms with Gasteiger partial charge in [-0.05, 0) is 0 Å². The second kappa shape index (κ2) is 4.82. The zero-order valence-corrected chi connectivity index (χ0v) is 9.90. The zero-order valence-electron chi connectivity index (χ0n) is 9.90. The minimum absolute atomic E-state index is 0.400. The smallest absolute Gasteiger partial charge is 0.353 e. The Balaban J connectivity index is 2.48. The molecule has 1 fully saturated rings. The van der Waals surface area contributed by atoms with E-state index in [9.17, 15) is 18.7 Å². The Morgan fingerprint density at radius 2 is 2.30 bits per heavy atom. The van der Waals surface area contributed by atoms with Crippen molar-refractivity contribution in [2.45, 2.75) is 24.1 Å². The number of ether oxygens (including phenoxy) is 1. The number of nitrogens with zero attached hydrogens (tertiary/aromatic N) is 2. The van der Waals surface area contributed by atoms with Gasteiger partial charge in [0, 0.05) is 0 Å². The Morgan fingerprint density at radius 1 is 1.65 bits per heavy atom. The van der Waals surface area contributed by atoms with E-state index < -0.39 is 48.1 Å². The Morgan fingerprint density at radius 3 is 2.80 bits per heavy atom. The SMILES string of the molecule is C#CC1(CO)OC(n2cc(F)c(O)nc2=O)C(F)C1O. The molecule has 1 aromatic rings. The highest BCUT2D eigenvalue weighted by molar-refractivity contribution is 5.19. The van der Waals surface area contributed by atoms with Gasteiger partial charge in [-0.3, -0.25) is 4.57 Å². The molecule has 0 aromatic carbocycles. The standard InChI is InChI=1S/C11H10F2N2O5/c1-2-11(4-16)7(17)6(13)9(20-11)15-3-5(12)8(18)14-10(15)19/h1,3,6-7,9,16-17H,4H2,(H,14,18,19). The summed E-state index contributed by atoms with van der Waals surface area (Å²) in [6.45, 7) is -0.898. The minimum atomic E-state index is -2.19. The molecule has 2 rings (SSSR count). The van der Waals surface area contributed by atoms with E-state index in [1.54, 1.807) is 0 Å². The quantitative estimate of drug-likeness (QED) is 0.583. The van der Waals surface area contributed by atoms with Crippen LogP contribution in [0, 0.1) is 18.2 Å². The van der Waals surface area contributed by atoms with Crippen LogP contribution in [-0.4, -0.2) is 49.4 Å². The number of rotatable bonds is 2. The highest BCUT2D eigenvalue weighted by Gasteiger charge is 2.55. The van der Waals surface area contributed by atoms with Crippen LogP contribution in [0.25, 0.3) is 0 Å². The van der Waals surface area contributed by atoms with Crippen LogP contribution in [0.15, 0.2) is 11.0 Å². The van der Waals surface area contributed by atoms with Gasteiger partial charge in [-0.25, -0.2) is 9.18 Å². The third-order valence-electron chi connectivity index (χ3n) is 3.02. The highest BCUT2D eigenvalue weighted by atomic mass is 19.1. The molecule has 0 spiro atoms. The molecule has 7 nitrogen and oxygen atoms in total. The molecule has 20 heavy (non-hydrogen) atoms. The van der Waals surface area contributed by atoms with Gasteiger partial charge in [0.2, 0.25) is 5.82 Å². The van der Waals surface area contributed by atoms with E-state index in [2.05, 4.69) is 4.98 Å². The number of halogens is 2. The lowest BCUT2D eigenvalue weighted by atomic mass is 9.98. The number of alkyl halides is 1. The van der Waals surface area contributed by atoms with Crippen molar-refractivity contribution < 1.29 is 28.8 Å². The molecule has 1 aliphatic heterocycles. The van der Waals surface area contributed by atoms with Gasteiger partial charge in [-0.1, -0.05) is 5.92 Å². The number of hydrogen-bond acceptors (Lipinski definition) is 6. The highest BCUT2D eigenvalue weighted by Crippen LogP contribution is 2.38. The summed E-state index contributed by atoms with van der Waals surface area (Å²) in [6.07, 6.45) is -0.322. The maximum Gasteiger partial charge on any atom is 0.353 e. The molecule has 1 aliphatic rings. The van der Waals surface area contributed by atoms with E-state index in [1.165, 1.54) is 0 Å². The van der Waals surface area contributed by atoms with Gasteiger partial charge in [0.15, 0.2) is 18.0 Å². The summed E-state index contributed by atoms with van der Waals surface area (Å²) < 4.78 is 32.6. The summed E-state index contributed by atoms with van der Waals surface area (Å²) in [5.74, 6) is -0.517. The molecule has 0 aliphatic carbocycles. The van der Waals surface area contributed by atoms with Crippen LogP contribution >= 0.6 is 0 Å². The molecule has 4 unspecified atom stereocenters. The van der Waals surface area contributed by atoms with E-state index in [-0.39, 0.29) is 0 Å². The predicted octanol–water partition coefficient (Wildman–Crippen LogP) is -1.32. The lowest BCUT2D eigenvalue weighted by Gasteiger charge is -2.23. The molecule has 1 aromatic heterocycles.